The number of rotatable bonds is 11. The van der Waals surface area contributed by atoms with E-state index in [0.717, 1.165) is 84.1 Å². The SMILES string of the molecule is CCNC(=NCc1cccc(COC2CCOCC2)c1)N1CCC(OCCCOC)CC1.I. The molecule has 1 aromatic carbocycles. The molecule has 0 aromatic heterocycles. The van der Waals surface area contributed by atoms with Crippen molar-refractivity contribution in [2.45, 2.75) is 64.4 Å². The summed E-state index contributed by atoms with van der Waals surface area (Å²) in [7, 11) is 1.73. The van der Waals surface area contributed by atoms with Gasteiger partial charge in [0.15, 0.2) is 5.96 Å². The fourth-order valence-electron chi connectivity index (χ4n) is 4.15. The summed E-state index contributed by atoms with van der Waals surface area (Å²) in [6.45, 7) is 9.41. The first-order valence-electron chi connectivity index (χ1n) is 12.2. The summed E-state index contributed by atoms with van der Waals surface area (Å²) < 4.78 is 22.6. The van der Waals surface area contributed by atoms with Gasteiger partial charge in [-0.2, -0.15) is 0 Å². The van der Waals surface area contributed by atoms with E-state index in [9.17, 15) is 0 Å². The summed E-state index contributed by atoms with van der Waals surface area (Å²) >= 11 is 0. The van der Waals surface area contributed by atoms with Crippen molar-refractivity contribution in [3.05, 3.63) is 35.4 Å². The number of benzene rings is 1. The van der Waals surface area contributed by atoms with Gasteiger partial charge in [0.1, 0.15) is 0 Å². The first-order chi connectivity index (χ1) is 15.8. The molecule has 7 nitrogen and oxygen atoms in total. The van der Waals surface area contributed by atoms with Crippen molar-refractivity contribution in [3.8, 4) is 0 Å². The molecule has 0 amide bonds. The number of ether oxygens (including phenoxy) is 4. The van der Waals surface area contributed by atoms with Crippen LogP contribution >= 0.6 is 24.0 Å². The molecule has 2 fully saturated rings. The van der Waals surface area contributed by atoms with E-state index in [0.29, 0.717) is 25.4 Å². The second-order valence-electron chi connectivity index (χ2n) is 8.52. The van der Waals surface area contributed by atoms with Crippen LogP contribution in [-0.4, -0.2) is 76.2 Å². The molecule has 0 aliphatic carbocycles. The molecule has 0 saturated carbocycles. The van der Waals surface area contributed by atoms with Gasteiger partial charge in [0.2, 0.25) is 0 Å². The summed E-state index contributed by atoms with van der Waals surface area (Å²) in [6.07, 6.45) is 5.68. The van der Waals surface area contributed by atoms with Crippen LogP contribution in [0.2, 0.25) is 0 Å². The molecule has 0 unspecified atom stereocenters. The minimum atomic E-state index is 0. The molecule has 8 heteroatoms. The van der Waals surface area contributed by atoms with Gasteiger partial charge < -0.3 is 29.2 Å². The van der Waals surface area contributed by atoms with Crippen LogP contribution in [0.5, 0.6) is 0 Å². The number of likely N-dealkylation sites (tertiary alicyclic amines) is 1. The molecule has 33 heavy (non-hydrogen) atoms. The second kappa shape index (κ2) is 16.6. The van der Waals surface area contributed by atoms with Gasteiger partial charge in [-0.05, 0) is 50.2 Å². The lowest BCUT2D eigenvalue weighted by molar-refractivity contribution is -0.0390. The third-order valence-electron chi connectivity index (χ3n) is 5.98. The Bertz CT molecular complexity index is 677. The highest BCUT2D eigenvalue weighted by Gasteiger charge is 2.22. The first-order valence-corrected chi connectivity index (χ1v) is 12.2. The van der Waals surface area contributed by atoms with Gasteiger partial charge in [-0.3, -0.25) is 0 Å². The predicted molar refractivity (Wildman–Crippen MR) is 142 cm³/mol. The Labute approximate surface area is 216 Å². The van der Waals surface area contributed by atoms with Crippen LogP contribution in [0.15, 0.2) is 29.3 Å². The van der Waals surface area contributed by atoms with Crippen molar-refractivity contribution in [1.82, 2.24) is 10.2 Å². The average Bonchev–Trinajstić information content (AvgIpc) is 2.84. The molecule has 0 spiro atoms. The maximum absolute atomic E-state index is 6.08. The zero-order chi connectivity index (χ0) is 22.4. The van der Waals surface area contributed by atoms with Gasteiger partial charge in [-0.15, -0.1) is 24.0 Å². The molecule has 0 bridgehead atoms. The standard InChI is InChI=1S/C25H41N3O4.HI/c1-3-26-25(28-12-8-23(9-13-28)31-15-5-14-29-2)27-19-21-6-4-7-22(18-21)20-32-24-10-16-30-17-11-24;/h4,6-7,18,23-24H,3,5,8-17,19-20H2,1-2H3,(H,26,27);1H. The Hall–Kier alpha value is -0.940. The third kappa shape index (κ3) is 10.5. The zero-order valence-corrected chi connectivity index (χ0v) is 22.6. The van der Waals surface area contributed by atoms with Gasteiger partial charge in [-0.25, -0.2) is 4.99 Å². The maximum Gasteiger partial charge on any atom is 0.194 e. The van der Waals surface area contributed by atoms with Crippen molar-refractivity contribution < 1.29 is 18.9 Å². The number of aliphatic imine (C=N–C) groups is 1. The van der Waals surface area contributed by atoms with Crippen LogP contribution < -0.4 is 5.32 Å². The lowest BCUT2D eigenvalue weighted by atomic mass is 10.1. The molecule has 2 aliphatic heterocycles. The van der Waals surface area contributed by atoms with Gasteiger partial charge in [0, 0.05) is 53.2 Å². The second-order valence-corrected chi connectivity index (χ2v) is 8.52. The minimum Gasteiger partial charge on any atom is -0.385 e. The highest BCUT2D eigenvalue weighted by molar-refractivity contribution is 14.0. The Morgan fingerprint density at radius 2 is 1.79 bits per heavy atom. The summed E-state index contributed by atoms with van der Waals surface area (Å²) in [5.41, 5.74) is 2.42. The van der Waals surface area contributed by atoms with E-state index in [4.69, 9.17) is 23.9 Å². The Morgan fingerprint density at radius 1 is 1.06 bits per heavy atom. The van der Waals surface area contributed by atoms with Crippen LogP contribution in [0, 0.1) is 0 Å². The van der Waals surface area contributed by atoms with E-state index in [2.05, 4.69) is 41.4 Å². The normalized spacial score (nSPS) is 18.2. The molecule has 0 radical (unpaired) electrons. The van der Waals surface area contributed by atoms with E-state index < -0.39 is 0 Å². The van der Waals surface area contributed by atoms with Crippen molar-refractivity contribution in [2.24, 2.45) is 4.99 Å². The predicted octanol–water partition coefficient (Wildman–Crippen LogP) is 3.98. The number of hydrogen-bond donors (Lipinski definition) is 1. The Morgan fingerprint density at radius 3 is 2.52 bits per heavy atom. The number of guanidine groups is 1. The molecule has 3 rings (SSSR count). The largest absolute Gasteiger partial charge is 0.385 e. The molecule has 2 saturated heterocycles. The van der Waals surface area contributed by atoms with E-state index in [1.54, 1.807) is 7.11 Å². The quantitative estimate of drug-likeness (QED) is 0.187. The van der Waals surface area contributed by atoms with Crippen LogP contribution in [0.25, 0.3) is 0 Å². The third-order valence-corrected chi connectivity index (χ3v) is 5.98. The van der Waals surface area contributed by atoms with E-state index in [1.807, 2.05) is 0 Å². The van der Waals surface area contributed by atoms with Gasteiger partial charge >= 0.3 is 0 Å². The fraction of sp³-hybridized carbons (Fsp3) is 0.720. The fourth-order valence-corrected chi connectivity index (χ4v) is 4.15. The van der Waals surface area contributed by atoms with Crippen molar-refractivity contribution in [2.75, 3.05) is 53.2 Å². The molecule has 1 aromatic rings. The van der Waals surface area contributed by atoms with Crippen molar-refractivity contribution in [3.63, 3.8) is 0 Å². The lowest BCUT2D eigenvalue weighted by Gasteiger charge is -2.34. The molecule has 1 N–H and O–H groups in total. The van der Waals surface area contributed by atoms with Gasteiger partial charge in [-0.1, -0.05) is 24.3 Å². The minimum absolute atomic E-state index is 0. The maximum atomic E-state index is 6.08. The molecular formula is C25H42IN3O4. The van der Waals surface area contributed by atoms with E-state index in [1.165, 1.54) is 11.1 Å². The molecule has 0 atom stereocenters. The van der Waals surface area contributed by atoms with Crippen LogP contribution in [0.1, 0.15) is 50.2 Å². The lowest BCUT2D eigenvalue weighted by Crippen LogP contribution is -2.47. The summed E-state index contributed by atoms with van der Waals surface area (Å²) in [5.74, 6) is 0.995. The number of halogens is 1. The van der Waals surface area contributed by atoms with Crippen LogP contribution in [0.4, 0.5) is 0 Å². The summed E-state index contributed by atoms with van der Waals surface area (Å²) in [5, 5.41) is 3.46. The van der Waals surface area contributed by atoms with Gasteiger partial charge in [0.25, 0.3) is 0 Å². The number of piperidine rings is 1. The van der Waals surface area contributed by atoms with Crippen molar-refractivity contribution >= 4 is 29.9 Å². The Balaban J connectivity index is 0.00000385. The number of methoxy groups -OCH3 is 1. The smallest absolute Gasteiger partial charge is 0.194 e. The number of nitrogens with zero attached hydrogens (tertiary/aromatic N) is 2. The molecular weight excluding hydrogens is 533 g/mol. The summed E-state index contributed by atoms with van der Waals surface area (Å²) in [4.78, 5) is 7.28. The molecule has 2 heterocycles. The van der Waals surface area contributed by atoms with Gasteiger partial charge in [0.05, 0.1) is 25.4 Å². The zero-order valence-electron chi connectivity index (χ0n) is 20.3. The molecule has 2 aliphatic rings. The topological polar surface area (TPSA) is 64.6 Å². The number of nitrogens with one attached hydrogen (secondary N) is 1. The first kappa shape index (κ1) is 28.3. The molecule has 188 valence electrons. The van der Waals surface area contributed by atoms with Crippen LogP contribution in [-0.2, 0) is 32.1 Å². The Kier molecular flexibility index (Phi) is 14.3. The average molecular weight is 576 g/mol. The van der Waals surface area contributed by atoms with Crippen molar-refractivity contribution in [1.29, 1.82) is 0 Å². The highest BCUT2D eigenvalue weighted by atomic mass is 127. The monoisotopic (exact) mass is 575 g/mol. The van der Waals surface area contributed by atoms with E-state index >= 15 is 0 Å². The summed E-state index contributed by atoms with van der Waals surface area (Å²) in [6, 6.07) is 8.60. The highest BCUT2D eigenvalue weighted by Crippen LogP contribution is 2.16. The number of hydrogen-bond acceptors (Lipinski definition) is 5. The van der Waals surface area contributed by atoms with E-state index in [-0.39, 0.29) is 24.0 Å². The van der Waals surface area contributed by atoms with Crippen LogP contribution in [0.3, 0.4) is 0 Å².